The molecule has 4 aromatic carbocycles. The third-order valence-corrected chi connectivity index (χ3v) is 7.19. The molecule has 0 radical (unpaired) electrons. The molecule has 0 unspecified atom stereocenters. The zero-order chi connectivity index (χ0) is 42.8. The van der Waals surface area contributed by atoms with Crippen LogP contribution >= 0.6 is 0 Å². The van der Waals surface area contributed by atoms with E-state index in [1.165, 1.54) is 0 Å². The van der Waals surface area contributed by atoms with Gasteiger partial charge in [-0.25, -0.2) is 36.7 Å². The van der Waals surface area contributed by atoms with E-state index in [9.17, 15) is 26.4 Å². The summed E-state index contributed by atoms with van der Waals surface area (Å²) in [5.74, 6) is -4.84. The van der Waals surface area contributed by atoms with Gasteiger partial charge in [-0.3, -0.25) is 0 Å². The van der Waals surface area contributed by atoms with Gasteiger partial charge in [0.25, 0.3) is 0 Å². The summed E-state index contributed by atoms with van der Waals surface area (Å²) in [6.45, 7) is 2.02. The van der Waals surface area contributed by atoms with E-state index in [0.717, 1.165) is 24.6 Å². The second kappa shape index (κ2) is 15.2. The molecule has 9 N–H and O–H groups in total. The fourth-order valence-electron chi connectivity index (χ4n) is 3.31. The van der Waals surface area contributed by atoms with Crippen molar-refractivity contribution in [1.82, 2.24) is 0 Å². The maximum Gasteiger partial charge on any atom is 0.338 e. The molecule has 4 aromatic rings. The van der Waals surface area contributed by atoms with Gasteiger partial charge in [0.15, 0.2) is 11.5 Å². The number of carbonyl (C=O) groups excluding carboxylic acids is 1. The number of benzene rings is 4. The van der Waals surface area contributed by atoms with Crippen molar-refractivity contribution in [2.45, 2.75) is 29.6 Å². The standard InChI is InChI=1S/C17H20N2O5S.C13H12N2O5S/c1-2-3-9-23-17(20)12-10-14(18)16(15(11-12)25(19,21)22)24-13-7-5-4-6-8-13;14-10-6-8(13(16)17)7-11(21(15,18)19)12(10)20-9-4-2-1-3-5-9/h4-8,10-11H,2-3,9,18H2,1H3,(H2,19,21,22);1-7H,14H2,(H,16,17)(H2,15,18,19)/i4D,5D,6D,7D,8D;1D,2D,3D,4D,5D. The zero-order valence-corrected chi connectivity index (χ0v) is 25.3. The lowest BCUT2D eigenvalue weighted by Gasteiger charge is -2.14. The Labute approximate surface area is 279 Å². The van der Waals surface area contributed by atoms with E-state index in [1.54, 1.807) is 0 Å². The molecule has 16 heteroatoms. The van der Waals surface area contributed by atoms with Crippen LogP contribution in [0.2, 0.25) is 0 Å². The zero-order valence-electron chi connectivity index (χ0n) is 33.7. The number of nitrogens with two attached hydrogens (primary N) is 4. The fraction of sp³-hybridized carbons (Fsp3) is 0.133. The first-order chi connectivity index (χ1) is 25.8. The smallest absolute Gasteiger partial charge is 0.338 e. The van der Waals surface area contributed by atoms with E-state index >= 15 is 0 Å². The Morgan fingerprint density at radius 1 is 0.739 bits per heavy atom. The molecule has 0 amide bonds. The Balaban J connectivity index is 0.000000303. The van der Waals surface area contributed by atoms with Gasteiger partial charge >= 0.3 is 11.9 Å². The van der Waals surface area contributed by atoms with Crippen molar-refractivity contribution in [3.63, 3.8) is 0 Å². The maximum atomic E-state index is 12.2. The molecule has 0 atom stereocenters. The Hall–Kier alpha value is -5.16. The summed E-state index contributed by atoms with van der Waals surface area (Å²) in [4.78, 5) is 21.7. The number of carbonyl (C=O) groups is 2. The molecular weight excluding hydrogens is 640 g/mol. The van der Waals surface area contributed by atoms with Crippen molar-refractivity contribution >= 4 is 43.4 Å². The normalized spacial score (nSPS) is 14.2. The largest absolute Gasteiger partial charge is 0.478 e. The lowest BCUT2D eigenvalue weighted by atomic mass is 10.2. The van der Waals surface area contributed by atoms with Crippen LogP contribution in [0.5, 0.6) is 23.0 Å². The summed E-state index contributed by atoms with van der Waals surface area (Å²) in [6.07, 6.45) is 1.39. The van der Waals surface area contributed by atoms with Crippen molar-refractivity contribution in [3.8, 4) is 23.0 Å². The molecule has 46 heavy (non-hydrogen) atoms. The van der Waals surface area contributed by atoms with E-state index in [0.29, 0.717) is 12.5 Å². The van der Waals surface area contributed by atoms with Crippen LogP contribution in [-0.4, -0.2) is 40.5 Å². The minimum atomic E-state index is -4.51. The Morgan fingerprint density at radius 2 is 1.15 bits per heavy atom. The highest BCUT2D eigenvalue weighted by Crippen LogP contribution is 2.36. The quantitative estimate of drug-likeness (QED) is 0.0852. The van der Waals surface area contributed by atoms with Gasteiger partial charge in [-0.15, -0.1) is 0 Å². The molecule has 0 saturated heterocycles. The minimum Gasteiger partial charge on any atom is -0.478 e. The summed E-state index contributed by atoms with van der Waals surface area (Å²) < 4.78 is 140. The summed E-state index contributed by atoms with van der Waals surface area (Å²) in [5.41, 5.74) is 10.0. The van der Waals surface area contributed by atoms with Gasteiger partial charge in [0.1, 0.15) is 21.3 Å². The van der Waals surface area contributed by atoms with Crippen molar-refractivity contribution in [3.05, 3.63) is 95.8 Å². The molecule has 0 aliphatic rings. The number of sulfonamides is 2. The topological polar surface area (TPSA) is 254 Å². The molecule has 0 bridgehead atoms. The van der Waals surface area contributed by atoms with Crippen molar-refractivity contribution in [1.29, 1.82) is 0 Å². The Bertz CT molecular complexity index is 2430. The molecule has 0 heterocycles. The van der Waals surface area contributed by atoms with Crippen molar-refractivity contribution < 1.29 is 59.4 Å². The van der Waals surface area contributed by atoms with Gasteiger partial charge in [-0.1, -0.05) is 49.6 Å². The summed E-state index contributed by atoms with van der Waals surface area (Å²) >= 11 is 0. The maximum absolute atomic E-state index is 12.2. The third-order valence-electron chi connectivity index (χ3n) is 5.36. The van der Waals surface area contributed by atoms with Gasteiger partial charge in [-0.05, 0) is 54.9 Å². The van der Waals surface area contributed by atoms with Gasteiger partial charge in [0, 0.05) is 0 Å². The molecule has 0 aliphatic carbocycles. The average Bonchev–Trinajstić information content (AvgIpc) is 3.11. The second-order valence-corrected chi connectivity index (χ2v) is 11.8. The number of aromatic carboxylic acids is 1. The average molecular weight is 683 g/mol. The number of hydrogen-bond acceptors (Lipinski definition) is 11. The number of unbranched alkanes of at least 4 members (excludes halogenated alkanes) is 1. The van der Waals surface area contributed by atoms with Crippen LogP contribution < -0.4 is 31.2 Å². The van der Waals surface area contributed by atoms with Crippen LogP contribution in [0, 0.1) is 0 Å². The molecule has 0 saturated carbocycles. The van der Waals surface area contributed by atoms with Gasteiger partial charge in [-0.2, -0.15) is 0 Å². The molecule has 14 nitrogen and oxygen atoms in total. The number of esters is 1. The number of anilines is 2. The van der Waals surface area contributed by atoms with Gasteiger partial charge in [0.05, 0.1) is 42.8 Å². The number of carboxylic acid groups (broad SMARTS) is 1. The van der Waals surface area contributed by atoms with Crippen molar-refractivity contribution in [2.75, 3.05) is 18.1 Å². The van der Waals surface area contributed by atoms with E-state index in [-0.39, 0.29) is 17.9 Å². The monoisotopic (exact) mass is 682 g/mol. The van der Waals surface area contributed by atoms with E-state index < -0.39 is 136 Å². The predicted molar refractivity (Wildman–Crippen MR) is 170 cm³/mol. The van der Waals surface area contributed by atoms with Crippen molar-refractivity contribution in [2.24, 2.45) is 10.3 Å². The highest BCUT2D eigenvalue weighted by Gasteiger charge is 2.24. The van der Waals surface area contributed by atoms with E-state index in [1.807, 2.05) is 6.92 Å². The Morgan fingerprint density at radius 3 is 1.54 bits per heavy atom. The molecule has 244 valence electrons. The van der Waals surface area contributed by atoms with E-state index in [2.05, 4.69) is 0 Å². The lowest BCUT2D eigenvalue weighted by Crippen LogP contribution is -2.16. The van der Waals surface area contributed by atoms with Crippen LogP contribution in [0.1, 0.15) is 54.2 Å². The summed E-state index contributed by atoms with van der Waals surface area (Å²) in [7, 11) is -8.99. The fourth-order valence-corrected chi connectivity index (χ4v) is 4.72. The number of ether oxygens (including phenoxy) is 3. The van der Waals surface area contributed by atoms with Gasteiger partial charge < -0.3 is 30.8 Å². The number of para-hydroxylation sites is 2. The number of primary sulfonamides is 2. The minimum absolute atomic E-state index is 0.126. The Kier molecular flexibility index (Phi) is 7.68. The highest BCUT2D eigenvalue weighted by molar-refractivity contribution is 7.89. The molecule has 4 rings (SSSR count). The first-order valence-corrected chi connectivity index (χ1v) is 15.7. The van der Waals surface area contributed by atoms with Crippen LogP contribution in [0.3, 0.4) is 0 Å². The van der Waals surface area contributed by atoms with Crippen LogP contribution in [0.15, 0.2) is 94.5 Å². The molecular formula is C30H32N4O10S2. The van der Waals surface area contributed by atoms with Crippen LogP contribution in [0.4, 0.5) is 11.4 Å². The second-order valence-electron chi connectivity index (χ2n) is 8.78. The van der Waals surface area contributed by atoms with Crippen LogP contribution in [0.25, 0.3) is 0 Å². The lowest BCUT2D eigenvalue weighted by molar-refractivity contribution is 0.0499. The molecule has 0 aromatic heterocycles. The number of nitrogen functional groups attached to an aromatic ring is 2. The number of rotatable bonds is 11. The predicted octanol–water partition coefficient (Wildman–Crippen LogP) is 4.07. The molecule has 0 spiro atoms. The van der Waals surface area contributed by atoms with Gasteiger partial charge in [0.2, 0.25) is 20.0 Å². The number of carboxylic acids is 1. The first kappa shape index (κ1) is 23.2. The summed E-state index contributed by atoms with van der Waals surface area (Å²) in [6, 6.07) is -3.42. The summed E-state index contributed by atoms with van der Waals surface area (Å²) in [5, 5.41) is 19.3. The highest BCUT2D eigenvalue weighted by atomic mass is 32.2. The first-order valence-electron chi connectivity index (χ1n) is 17.6. The number of hydrogen-bond donors (Lipinski definition) is 5. The molecule has 0 fully saturated rings. The SMILES string of the molecule is [2H]c1c([2H])c([2H])c(Oc2c(N)cc(C(=O)O)cc2S(N)(=O)=O)c([2H])c1[2H].[2H]c1c([2H])c([2H])c(Oc2c(N)cc(C(=O)OCCCC)cc2S(N)(=O)=O)c([2H])c1[2H]. The molecule has 0 aliphatic heterocycles. The van der Waals surface area contributed by atoms with E-state index in [4.69, 9.17) is 54.8 Å². The third kappa shape index (κ3) is 9.67. The van der Waals surface area contributed by atoms with Crippen LogP contribution in [-0.2, 0) is 24.8 Å².